The second-order valence-electron chi connectivity index (χ2n) is 11.0. The molecule has 1 amide bonds. The van der Waals surface area contributed by atoms with Crippen molar-refractivity contribution in [2.75, 3.05) is 58.4 Å². The number of benzene rings is 1. The Morgan fingerprint density at radius 2 is 1.95 bits per heavy atom. The molecule has 1 saturated heterocycles. The van der Waals surface area contributed by atoms with E-state index in [-0.39, 0.29) is 18.3 Å². The number of hydrogen-bond acceptors (Lipinski definition) is 6. The quantitative estimate of drug-likeness (QED) is 0.165. The predicted octanol–water partition coefficient (Wildman–Crippen LogP) is 3.97. The largest absolute Gasteiger partial charge is 0.406 e. The van der Waals surface area contributed by atoms with Crippen LogP contribution in [0, 0.1) is 31.6 Å². The van der Waals surface area contributed by atoms with E-state index >= 15 is 0 Å². The first kappa shape index (κ1) is 32.4. The number of aromatic nitrogens is 3. The zero-order valence-corrected chi connectivity index (χ0v) is 25.0. The van der Waals surface area contributed by atoms with Gasteiger partial charge in [-0.15, -0.1) is 0 Å². The molecule has 4 rings (SSSR count). The molecule has 9 nitrogen and oxygen atoms in total. The minimum atomic E-state index is -4.41. The van der Waals surface area contributed by atoms with Gasteiger partial charge in [-0.2, -0.15) is 18.3 Å². The number of nitrogens with one attached hydrogen (secondary N) is 2. The van der Waals surface area contributed by atoms with E-state index in [1.165, 1.54) is 10.1 Å². The average Bonchev–Trinajstić information content (AvgIpc) is 3.47. The standard InChI is InChI=1S/C31H41F3N6O3/c1-23-19-36-40(24(23)2)13-15-43-17-16-42-14-10-25-20-38(3)12-9-28(25)37-29-7-4-8-30-27(29)18-26(6-5-11-35-22-41)39(30)21-31(32,33)34/h4,7-8,18-19,22,25,28,37H,9-17,20-21H2,1-3H3,(H,35,41). The summed E-state index contributed by atoms with van der Waals surface area (Å²) in [5, 5.41) is 11.1. The van der Waals surface area contributed by atoms with Crippen LogP contribution in [0.4, 0.5) is 18.9 Å². The molecular weight excluding hydrogens is 561 g/mol. The lowest BCUT2D eigenvalue weighted by molar-refractivity contribution is -0.140. The number of aryl methyl sites for hydroxylation is 1. The number of hydrogen-bond donors (Lipinski definition) is 2. The molecule has 12 heteroatoms. The molecule has 43 heavy (non-hydrogen) atoms. The van der Waals surface area contributed by atoms with Gasteiger partial charge in [0.15, 0.2) is 0 Å². The van der Waals surface area contributed by atoms with Gasteiger partial charge in [0.1, 0.15) is 6.54 Å². The van der Waals surface area contributed by atoms with Crippen molar-refractivity contribution in [2.24, 2.45) is 5.92 Å². The van der Waals surface area contributed by atoms with Crippen molar-refractivity contribution < 1.29 is 27.4 Å². The van der Waals surface area contributed by atoms with E-state index in [0.29, 0.717) is 56.2 Å². The number of carbonyl (C=O) groups is 1. The molecule has 3 heterocycles. The Kier molecular flexibility index (Phi) is 11.5. The van der Waals surface area contributed by atoms with Crippen LogP contribution in [0.3, 0.4) is 0 Å². The summed E-state index contributed by atoms with van der Waals surface area (Å²) in [5.74, 6) is 5.82. The van der Waals surface area contributed by atoms with Crippen molar-refractivity contribution in [2.45, 2.75) is 52.0 Å². The highest BCUT2D eigenvalue weighted by molar-refractivity contribution is 5.94. The van der Waals surface area contributed by atoms with Crippen molar-refractivity contribution in [3.8, 4) is 11.8 Å². The normalized spacial score (nSPS) is 17.5. The monoisotopic (exact) mass is 602 g/mol. The summed E-state index contributed by atoms with van der Waals surface area (Å²) in [6, 6.07) is 7.19. The molecule has 1 fully saturated rings. The SMILES string of the molecule is Cc1cnn(CCOCCOCCC2CN(C)CCC2Nc2cccc3c2cc(C#CCNC=O)n3CC(F)(F)F)c1C. The minimum absolute atomic E-state index is 0.0539. The number of carbonyl (C=O) groups excluding carboxylic acids is 1. The lowest BCUT2D eigenvalue weighted by Gasteiger charge is -2.38. The third-order valence-corrected chi connectivity index (χ3v) is 7.85. The van der Waals surface area contributed by atoms with Gasteiger partial charge >= 0.3 is 6.18 Å². The third-order valence-electron chi connectivity index (χ3n) is 7.85. The lowest BCUT2D eigenvalue weighted by Crippen LogP contribution is -2.45. The molecular formula is C31H41F3N6O3. The molecule has 1 aliphatic rings. The van der Waals surface area contributed by atoms with Crippen LogP contribution in [0.1, 0.15) is 29.8 Å². The van der Waals surface area contributed by atoms with E-state index in [4.69, 9.17) is 9.47 Å². The van der Waals surface area contributed by atoms with E-state index in [2.05, 4.69) is 39.5 Å². The van der Waals surface area contributed by atoms with Gasteiger partial charge < -0.3 is 29.6 Å². The Labute approximate surface area is 250 Å². The average molecular weight is 603 g/mol. The molecule has 2 aromatic heterocycles. The zero-order chi connectivity index (χ0) is 30.8. The topological polar surface area (TPSA) is 85.6 Å². The van der Waals surface area contributed by atoms with Crippen LogP contribution in [0.5, 0.6) is 0 Å². The number of piperidine rings is 1. The molecule has 2 atom stereocenters. The molecule has 2 unspecified atom stereocenters. The Morgan fingerprint density at radius 3 is 2.67 bits per heavy atom. The molecule has 234 valence electrons. The Morgan fingerprint density at radius 1 is 1.16 bits per heavy atom. The summed E-state index contributed by atoms with van der Waals surface area (Å²) in [4.78, 5) is 12.8. The summed E-state index contributed by atoms with van der Waals surface area (Å²) in [6.45, 7) is 7.71. The number of alkyl halides is 3. The van der Waals surface area contributed by atoms with Gasteiger partial charge in [0.25, 0.3) is 0 Å². The zero-order valence-electron chi connectivity index (χ0n) is 25.0. The summed E-state index contributed by atoms with van der Waals surface area (Å²) in [7, 11) is 2.10. The Hall–Kier alpha value is -3.53. The molecule has 0 saturated carbocycles. The minimum Gasteiger partial charge on any atom is -0.381 e. The number of ether oxygens (including phenoxy) is 2. The number of fused-ring (bicyclic) bond motifs is 1. The van der Waals surface area contributed by atoms with Crippen LogP contribution in [0.15, 0.2) is 30.5 Å². The summed E-state index contributed by atoms with van der Waals surface area (Å²) in [6.07, 6.45) is -0.295. The van der Waals surface area contributed by atoms with Gasteiger partial charge in [0.2, 0.25) is 6.41 Å². The molecule has 1 aliphatic heterocycles. The van der Waals surface area contributed by atoms with Crippen LogP contribution >= 0.6 is 0 Å². The number of anilines is 1. The molecule has 0 radical (unpaired) electrons. The first-order chi connectivity index (χ1) is 20.7. The molecule has 0 aliphatic carbocycles. The number of amides is 1. The smallest absolute Gasteiger partial charge is 0.381 e. The first-order valence-electron chi connectivity index (χ1n) is 14.6. The highest BCUT2D eigenvalue weighted by Crippen LogP contribution is 2.32. The van der Waals surface area contributed by atoms with Crippen LogP contribution < -0.4 is 10.6 Å². The fourth-order valence-corrected chi connectivity index (χ4v) is 5.46. The molecule has 3 aromatic rings. The van der Waals surface area contributed by atoms with E-state index in [1.807, 2.05) is 30.8 Å². The van der Waals surface area contributed by atoms with Crippen LogP contribution in [0.2, 0.25) is 0 Å². The Bertz CT molecular complexity index is 1410. The maximum Gasteiger partial charge on any atom is 0.406 e. The molecule has 0 bridgehead atoms. The van der Waals surface area contributed by atoms with E-state index in [9.17, 15) is 18.0 Å². The maximum atomic E-state index is 13.5. The predicted molar refractivity (Wildman–Crippen MR) is 160 cm³/mol. The van der Waals surface area contributed by atoms with E-state index < -0.39 is 12.7 Å². The second-order valence-corrected chi connectivity index (χ2v) is 11.0. The molecule has 1 aromatic carbocycles. The van der Waals surface area contributed by atoms with Crippen LogP contribution in [-0.4, -0.2) is 91.0 Å². The van der Waals surface area contributed by atoms with Gasteiger partial charge in [-0.3, -0.25) is 9.48 Å². The number of halogens is 3. The fraction of sp³-hybridized carbons (Fsp3) is 0.548. The fourth-order valence-electron chi connectivity index (χ4n) is 5.46. The van der Waals surface area contributed by atoms with Gasteiger partial charge in [0.05, 0.1) is 50.3 Å². The number of likely N-dealkylation sites (tertiary alicyclic amines) is 1. The van der Waals surface area contributed by atoms with E-state index in [0.717, 1.165) is 37.3 Å². The van der Waals surface area contributed by atoms with Crippen molar-refractivity contribution >= 4 is 23.0 Å². The highest BCUT2D eigenvalue weighted by Gasteiger charge is 2.31. The van der Waals surface area contributed by atoms with Crippen molar-refractivity contribution in [3.63, 3.8) is 0 Å². The summed E-state index contributed by atoms with van der Waals surface area (Å²) in [5.41, 5.74) is 3.80. The van der Waals surface area contributed by atoms with Crippen molar-refractivity contribution in [1.82, 2.24) is 24.6 Å². The van der Waals surface area contributed by atoms with Gasteiger partial charge in [0, 0.05) is 36.0 Å². The third kappa shape index (κ3) is 9.23. The number of nitrogens with zero attached hydrogens (tertiary/aromatic N) is 4. The van der Waals surface area contributed by atoms with Gasteiger partial charge in [-0.05, 0) is 75.9 Å². The van der Waals surface area contributed by atoms with Gasteiger partial charge in [-0.1, -0.05) is 12.0 Å². The van der Waals surface area contributed by atoms with E-state index in [1.54, 1.807) is 18.2 Å². The van der Waals surface area contributed by atoms with Crippen LogP contribution in [0.25, 0.3) is 10.9 Å². The van der Waals surface area contributed by atoms with Crippen LogP contribution in [-0.2, 0) is 27.4 Å². The molecule has 0 spiro atoms. The maximum absolute atomic E-state index is 13.5. The number of rotatable bonds is 14. The van der Waals surface area contributed by atoms with Crippen molar-refractivity contribution in [3.05, 3.63) is 47.4 Å². The Balaban J connectivity index is 1.35. The highest BCUT2D eigenvalue weighted by atomic mass is 19.4. The first-order valence-corrected chi connectivity index (χ1v) is 14.6. The molecule has 2 N–H and O–H groups in total. The lowest BCUT2D eigenvalue weighted by atomic mass is 9.89. The van der Waals surface area contributed by atoms with Crippen molar-refractivity contribution in [1.29, 1.82) is 0 Å². The van der Waals surface area contributed by atoms with Gasteiger partial charge in [-0.25, -0.2) is 0 Å². The summed E-state index contributed by atoms with van der Waals surface area (Å²) >= 11 is 0. The second kappa shape index (κ2) is 15.3. The summed E-state index contributed by atoms with van der Waals surface area (Å²) < 4.78 is 55.2.